The minimum absolute atomic E-state index is 0.0316. The number of hydrogen-bond donors (Lipinski definition) is 2. The molecule has 0 aromatic carbocycles. The standard InChI is InChI=1S/C15H27N7O2/c1-21(2)14(23)12-18-15(17-11-13-5-3-10-24-13)16-6-4-8-22-9-7-19-20-22/h7,9,13H,3-6,8,10-12H2,1-2H3,(H2,16,17,18). The number of nitrogens with zero attached hydrogens (tertiary/aromatic N) is 5. The molecule has 134 valence electrons. The number of amides is 1. The Bertz CT molecular complexity index is 510. The molecule has 1 aromatic rings. The minimum Gasteiger partial charge on any atom is -0.376 e. The van der Waals surface area contributed by atoms with Gasteiger partial charge in [-0.15, -0.1) is 5.10 Å². The van der Waals surface area contributed by atoms with Crippen molar-refractivity contribution in [2.45, 2.75) is 31.9 Å². The second-order valence-electron chi connectivity index (χ2n) is 5.92. The number of guanidine groups is 1. The smallest absolute Gasteiger partial charge is 0.243 e. The van der Waals surface area contributed by atoms with Crippen molar-refractivity contribution in [3.63, 3.8) is 0 Å². The van der Waals surface area contributed by atoms with Gasteiger partial charge in [0.25, 0.3) is 0 Å². The summed E-state index contributed by atoms with van der Waals surface area (Å²) in [7, 11) is 3.45. The Kier molecular flexibility index (Phi) is 7.47. The van der Waals surface area contributed by atoms with Gasteiger partial charge in [-0.05, 0) is 19.3 Å². The van der Waals surface area contributed by atoms with Crippen molar-refractivity contribution in [3.05, 3.63) is 12.4 Å². The third kappa shape index (κ3) is 6.53. The van der Waals surface area contributed by atoms with Crippen LogP contribution < -0.4 is 10.6 Å². The Morgan fingerprint density at radius 1 is 1.46 bits per heavy atom. The predicted octanol–water partition coefficient (Wildman–Crippen LogP) is -0.529. The van der Waals surface area contributed by atoms with Crippen molar-refractivity contribution in [2.24, 2.45) is 4.99 Å². The minimum atomic E-state index is -0.0316. The lowest BCUT2D eigenvalue weighted by Crippen LogP contribution is -2.42. The summed E-state index contributed by atoms with van der Waals surface area (Å²) in [4.78, 5) is 17.6. The summed E-state index contributed by atoms with van der Waals surface area (Å²) in [6.45, 7) is 3.15. The lowest BCUT2D eigenvalue weighted by atomic mass is 10.2. The average Bonchev–Trinajstić information content (AvgIpc) is 3.26. The SMILES string of the molecule is CN(C)C(=O)CN=C(NCCCn1ccnn1)NCC1CCCO1. The molecule has 1 aliphatic rings. The van der Waals surface area contributed by atoms with Gasteiger partial charge >= 0.3 is 0 Å². The van der Waals surface area contributed by atoms with Crippen LogP contribution in [0, 0.1) is 0 Å². The second kappa shape index (κ2) is 9.86. The molecule has 0 aliphatic carbocycles. The zero-order valence-corrected chi connectivity index (χ0v) is 14.4. The van der Waals surface area contributed by atoms with Crippen LogP contribution in [0.2, 0.25) is 0 Å². The molecule has 0 radical (unpaired) electrons. The molecular formula is C15H27N7O2. The number of rotatable bonds is 8. The van der Waals surface area contributed by atoms with Crippen molar-refractivity contribution in [3.8, 4) is 0 Å². The summed E-state index contributed by atoms with van der Waals surface area (Å²) in [6.07, 6.45) is 6.76. The van der Waals surface area contributed by atoms with Crippen LogP contribution in [0.3, 0.4) is 0 Å². The summed E-state index contributed by atoms with van der Waals surface area (Å²) >= 11 is 0. The number of hydrogen-bond acceptors (Lipinski definition) is 5. The van der Waals surface area contributed by atoms with Crippen molar-refractivity contribution in [1.82, 2.24) is 30.5 Å². The molecule has 0 saturated carbocycles. The maximum absolute atomic E-state index is 11.7. The van der Waals surface area contributed by atoms with Gasteiger partial charge in [0.15, 0.2) is 5.96 Å². The first-order valence-corrected chi connectivity index (χ1v) is 8.33. The topological polar surface area (TPSA) is 96.7 Å². The van der Waals surface area contributed by atoms with E-state index in [1.54, 1.807) is 25.0 Å². The van der Waals surface area contributed by atoms with E-state index in [0.29, 0.717) is 12.5 Å². The van der Waals surface area contributed by atoms with E-state index in [0.717, 1.165) is 39.0 Å². The molecule has 1 aliphatic heterocycles. The maximum atomic E-state index is 11.7. The van der Waals surface area contributed by atoms with Crippen LogP contribution in [0.5, 0.6) is 0 Å². The Balaban J connectivity index is 1.76. The highest BCUT2D eigenvalue weighted by molar-refractivity contribution is 5.84. The van der Waals surface area contributed by atoms with E-state index in [2.05, 4.69) is 25.9 Å². The number of carbonyl (C=O) groups excluding carboxylic acids is 1. The summed E-state index contributed by atoms with van der Waals surface area (Å²) in [5.74, 6) is 0.607. The van der Waals surface area contributed by atoms with Gasteiger partial charge in [0.05, 0.1) is 12.3 Å². The average molecular weight is 337 g/mol. The molecule has 1 unspecified atom stereocenters. The number of likely N-dealkylation sites (N-methyl/N-ethyl adjacent to an activating group) is 1. The molecule has 0 bridgehead atoms. The summed E-state index contributed by atoms with van der Waals surface area (Å²) in [5, 5.41) is 14.2. The molecule has 24 heavy (non-hydrogen) atoms. The van der Waals surface area contributed by atoms with E-state index in [4.69, 9.17) is 4.74 Å². The van der Waals surface area contributed by atoms with E-state index < -0.39 is 0 Å². The van der Waals surface area contributed by atoms with Gasteiger partial charge < -0.3 is 20.3 Å². The number of nitrogens with one attached hydrogen (secondary N) is 2. The van der Waals surface area contributed by atoms with Gasteiger partial charge in [-0.1, -0.05) is 5.21 Å². The zero-order valence-electron chi connectivity index (χ0n) is 14.4. The third-order valence-electron chi connectivity index (χ3n) is 3.72. The van der Waals surface area contributed by atoms with E-state index in [1.807, 2.05) is 6.20 Å². The van der Waals surface area contributed by atoms with Crippen molar-refractivity contribution < 1.29 is 9.53 Å². The first-order valence-electron chi connectivity index (χ1n) is 8.33. The lowest BCUT2D eigenvalue weighted by Gasteiger charge is -2.16. The first-order chi connectivity index (χ1) is 11.6. The zero-order chi connectivity index (χ0) is 17.2. The van der Waals surface area contributed by atoms with Gasteiger partial charge in [-0.2, -0.15) is 0 Å². The summed E-state index contributed by atoms with van der Waals surface area (Å²) in [6, 6.07) is 0. The first kappa shape index (κ1) is 18.2. The fraction of sp³-hybridized carbons (Fsp3) is 0.733. The Morgan fingerprint density at radius 2 is 2.33 bits per heavy atom. The number of aromatic nitrogens is 3. The van der Waals surface area contributed by atoms with Gasteiger partial charge in [0.1, 0.15) is 6.54 Å². The largest absolute Gasteiger partial charge is 0.376 e. The monoisotopic (exact) mass is 337 g/mol. The molecule has 2 N–H and O–H groups in total. The fourth-order valence-electron chi connectivity index (χ4n) is 2.28. The van der Waals surface area contributed by atoms with Crippen molar-refractivity contribution >= 4 is 11.9 Å². The predicted molar refractivity (Wildman–Crippen MR) is 90.6 cm³/mol. The molecule has 9 heteroatoms. The van der Waals surface area contributed by atoms with Crippen LogP contribution in [-0.2, 0) is 16.1 Å². The maximum Gasteiger partial charge on any atom is 0.243 e. The van der Waals surface area contributed by atoms with Crippen molar-refractivity contribution in [1.29, 1.82) is 0 Å². The molecule has 1 amide bonds. The van der Waals surface area contributed by atoms with Crippen LogP contribution in [0.1, 0.15) is 19.3 Å². The van der Waals surface area contributed by atoms with E-state index in [1.165, 1.54) is 4.90 Å². The van der Waals surface area contributed by atoms with Gasteiger partial charge in [0, 0.05) is 46.5 Å². The summed E-state index contributed by atoms with van der Waals surface area (Å²) in [5.41, 5.74) is 0. The van der Waals surface area contributed by atoms with Crippen LogP contribution in [-0.4, -0.2) is 78.2 Å². The molecule has 1 fully saturated rings. The highest BCUT2D eigenvalue weighted by Gasteiger charge is 2.15. The van der Waals surface area contributed by atoms with E-state index in [9.17, 15) is 4.79 Å². The number of aryl methyl sites for hydroxylation is 1. The van der Waals surface area contributed by atoms with Crippen molar-refractivity contribution in [2.75, 3.05) is 40.3 Å². The molecule has 9 nitrogen and oxygen atoms in total. The van der Waals surface area contributed by atoms with Crippen LogP contribution >= 0.6 is 0 Å². The van der Waals surface area contributed by atoms with Crippen LogP contribution in [0.4, 0.5) is 0 Å². The van der Waals surface area contributed by atoms with E-state index >= 15 is 0 Å². The number of carbonyl (C=O) groups is 1. The molecule has 1 atom stereocenters. The second-order valence-corrected chi connectivity index (χ2v) is 5.92. The molecule has 1 saturated heterocycles. The Hall–Kier alpha value is -2.16. The van der Waals surface area contributed by atoms with Gasteiger partial charge in [-0.25, -0.2) is 4.99 Å². The highest BCUT2D eigenvalue weighted by Crippen LogP contribution is 2.10. The molecular weight excluding hydrogens is 310 g/mol. The molecule has 0 spiro atoms. The lowest BCUT2D eigenvalue weighted by molar-refractivity contribution is -0.127. The fourth-order valence-corrected chi connectivity index (χ4v) is 2.28. The third-order valence-corrected chi connectivity index (χ3v) is 3.72. The normalized spacial score (nSPS) is 17.8. The Labute approximate surface area is 142 Å². The quantitative estimate of drug-likeness (QED) is 0.376. The van der Waals surface area contributed by atoms with Gasteiger partial charge in [0.2, 0.25) is 5.91 Å². The number of ether oxygens (including phenoxy) is 1. The van der Waals surface area contributed by atoms with Crippen LogP contribution in [0.25, 0.3) is 0 Å². The van der Waals surface area contributed by atoms with Crippen LogP contribution in [0.15, 0.2) is 17.4 Å². The molecule has 1 aromatic heterocycles. The Morgan fingerprint density at radius 3 is 3.00 bits per heavy atom. The van der Waals surface area contributed by atoms with Gasteiger partial charge in [-0.3, -0.25) is 9.48 Å². The number of aliphatic imine (C=N–C) groups is 1. The molecule has 2 rings (SSSR count). The molecule has 2 heterocycles. The summed E-state index contributed by atoms with van der Waals surface area (Å²) < 4.78 is 7.39. The highest BCUT2D eigenvalue weighted by atomic mass is 16.5. The van der Waals surface area contributed by atoms with E-state index in [-0.39, 0.29) is 18.6 Å².